The average Bonchev–Trinajstić information content (AvgIpc) is 2.88. The Balaban J connectivity index is 1.79. The summed E-state index contributed by atoms with van der Waals surface area (Å²) in [7, 11) is 3.02. The van der Waals surface area contributed by atoms with E-state index in [0.29, 0.717) is 55.6 Å². The first-order valence-corrected chi connectivity index (χ1v) is 11.5. The molecule has 1 fully saturated rings. The van der Waals surface area contributed by atoms with Gasteiger partial charge in [0.25, 0.3) is 0 Å². The zero-order valence-electron chi connectivity index (χ0n) is 19.8. The molecule has 8 heteroatoms. The van der Waals surface area contributed by atoms with Crippen molar-refractivity contribution in [3.63, 3.8) is 0 Å². The quantitative estimate of drug-likeness (QED) is 0.468. The van der Waals surface area contributed by atoms with Gasteiger partial charge in [0.05, 0.1) is 25.8 Å². The van der Waals surface area contributed by atoms with E-state index in [1.54, 1.807) is 24.3 Å². The molecule has 0 bridgehead atoms. The predicted octanol–water partition coefficient (Wildman–Crippen LogP) is 5.30. The fraction of sp³-hybridized carbons (Fsp3) is 0.333. The number of nitrogens with zero attached hydrogens (tertiary/aromatic N) is 1. The van der Waals surface area contributed by atoms with Crippen LogP contribution in [0.1, 0.15) is 28.3 Å². The Morgan fingerprint density at radius 1 is 0.886 bits per heavy atom. The van der Waals surface area contributed by atoms with E-state index in [1.165, 1.54) is 20.3 Å². The third kappa shape index (κ3) is 5.71. The van der Waals surface area contributed by atoms with Crippen LogP contribution in [0, 0.1) is 0 Å². The summed E-state index contributed by atoms with van der Waals surface area (Å²) in [5, 5.41) is 3.27. The minimum atomic E-state index is -4.48. The molecule has 0 amide bonds. The Bertz CT molecular complexity index is 1090. The Hall–Kier alpha value is -3.23. The fourth-order valence-electron chi connectivity index (χ4n) is 4.45. The summed E-state index contributed by atoms with van der Waals surface area (Å²) in [5.41, 5.74) is 1.16. The number of hydrogen-bond acceptors (Lipinski definition) is 5. The molecule has 1 saturated heterocycles. The van der Waals surface area contributed by atoms with Crippen LogP contribution in [-0.2, 0) is 12.8 Å². The van der Waals surface area contributed by atoms with Gasteiger partial charge in [-0.15, -0.1) is 0 Å². The molecule has 186 valence electrons. The lowest BCUT2D eigenvalue weighted by molar-refractivity contribution is -0.138. The maximum Gasteiger partial charge on any atom is 0.416 e. The highest BCUT2D eigenvalue weighted by Gasteiger charge is 2.37. The van der Waals surface area contributed by atoms with Crippen molar-refractivity contribution in [2.45, 2.75) is 18.8 Å². The van der Waals surface area contributed by atoms with Gasteiger partial charge in [-0.3, -0.25) is 4.90 Å². The average molecular weight is 487 g/mol. The van der Waals surface area contributed by atoms with Crippen molar-refractivity contribution >= 4 is 0 Å². The van der Waals surface area contributed by atoms with Gasteiger partial charge in [-0.1, -0.05) is 48.5 Å². The molecule has 0 aromatic heterocycles. The summed E-state index contributed by atoms with van der Waals surface area (Å²) < 4.78 is 59.3. The Kier molecular flexibility index (Phi) is 7.83. The zero-order valence-corrected chi connectivity index (χ0v) is 19.8. The molecule has 5 nitrogen and oxygen atoms in total. The molecular weight excluding hydrogens is 457 g/mol. The molecule has 1 aliphatic heterocycles. The lowest BCUT2D eigenvalue weighted by atomic mass is 9.91. The van der Waals surface area contributed by atoms with E-state index < -0.39 is 17.8 Å². The lowest BCUT2D eigenvalue weighted by Crippen LogP contribution is -2.45. The smallest absolute Gasteiger partial charge is 0.416 e. The summed E-state index contributed by atoms with van der Waals surface area (Å²) in [6.07, 6.45) is -4.48. The monoisotopic (exact) mass is 486 g/mol. The van der Waals surface area contributed by atoms with Crippen LogP contribution in [-0.4, -0.2) is 45.3 Å². The summed E-state index contributed by atoms with van der Waals surface area (Å²) in [5.74, 6) is 1.21. The fourth-order valence-corrected chi connectivity index (χ4v) is 4.45. The minimum absolute atomic E-state index is 0.198. The van der Waals surface area contributed by atoms with Gasteiger partial charge in [0.15, 0.2) is 11.5 Å². The molecule has 35 heavy (non-hydrogen) atoms. The van der Waals surface area contributed by atoms with Crippen molar-refractivity contribution < 1.29 is 27.4 Å². The first-order chi connectivity index (χ1) is 16.9. The third-order valence-corrected chi connectivity index (χ3v) is 6.10. The summed E-state index contributed by atoms with van der Waals surface area (Å²) in [4.78, 5) is 2.06. The van der Waals surface area contributed by atoms with Crippen LogP contribution in [0.25, 0.3) is 0 Å². The van der Waals surface area contributed by atoms with Crippen LogP contribution in [0.3, 0.4) is 0 Å². The van der Waals surface area contributed by atoms with Crippen LogP contribution in [0.2, 0.25) is 0 Å². The van der Waals surface area contributed by atoms with E-state index in [0.717, 1.165) is 11.6 Å². The van der Waals surface area contributed by atoms with E-state index in [-0.39, 0.29) is 5.56 Å². The molecule has 1 unspecified atom stereocenters. The summed E-state index contributed by atoms with van der Waals surface area (Å²) in [6, 6.07) is 18.3. The first-order valence-electron chi connectivity index (χ1n) is 11.5. The highest BCUT2D eigenvalue weighted by atomic mass is 19.4. The molecule has 0 aliphatic carbocycles. The predicted molar refractivity (Wildman–Crippen MR) is 128 cm³/mol. The van der Waals surface area contributed by atoms with Gasteiger partial charge in [0.2, 0.25) is 5.75 Å². The molecule has 1 atom stereocenters. The lowest BCUT2D eigenvalue weighted by Gasteiger charge is -2.37. The Morgan fingerprint density at radius 2 is 1.49 bits per heavy atom. The van der Waals surface area contributed by atoms with Crippen molar-refractivity contribution in [3.05, 3.63) is 89.0 Å². The molecule has 1 aliphatic rings. The van der Waals surface area contributed by atoms with Crippen molar-refractivity contribution in [1.82, 2.24) is 10.2 Å². The number of methoxy groups -OCH3 is 2. The number of piperazine rings is 1. The summed E-state index contributed by atoms with van der Waals surface area (Å²) in [6.45, 7) is 2.89. The van der Waals surface area contributed by atoms with E-state index in [9.17, 15) is 13.2 Å². The van der Waals surface area contributed by atoms with E-state index in [1.807, 2.05) is 30.3 Å². The van der Waals surface area contributed by atoms with Gasteiger partial charge in [-0.2, -0.15) is 13.2 Å². The van der Waals surface area contributed by atoms with Gasteiger partial charge in [0, 0.05) is 26.2 Å². The Morgan fingerprint density at radius 3 is 2.09 bits per heavy atom. The zero-order chi connectivity index (χ0) is 24.8. The van der Waals surface area contributed by atoms with Crippen molar-refractivity contribution in [2.24, 2.45) is 0 Å². The third-order valence-electron chi connectivity index (χ3n) is 6.10. The largest absolute Gasteiger partial charge is 0.493 e. The molecule has 3 aromatic carbocycles. The first kappa shape index (κ1) is 24.9. The van der Waals surface area contributed by atoms with Crippen LogP contribution < -0.4 is 19.5 Å². The molecular formula is C27H29F3N2O3. The van der Waals surface area contributed by atoms with Crippen LogP contribution in [0.4, 0.5) is 13.2 Å². The molecule has 1 N–H and O–H groups in total. The van der Waals surface area contributed by atoms with Gasteiger partial charge < -0.3 is 19.5 Å². The van der Waals surface area contributed by atoms with Crippen molar-refractivity contribution in [2.75, 3.05) is 40.4 Å². The second-order valence-electron chi connectivity index (χ2n) is 8.30. The van der Waals surface area contributed by atoms with Crippen LogP contribution in [0.5, 0.6) is 17.2 Å². The van der Waals surface area contributed by atoms with Crippen LogP contribution >= 0.6 is 0 Å². The highest BCUT2D eigenvalue weighted by molar-refractivity contribution is 5.56. The minimum Gasteiger partial charge on any atom is -0.493 e. The van der Waals surface area contributed by atoms with Crippen LogP contribution in [0.15, 0.2) is 66.7 Å². The molecule has 3 aromatic rings. The van der Waals surface area contributed by atoms with Gasteiger partial charge >= 0.3 is 6.18 Å². The molecule has 4 rings (SSSR count). The number of nitrogens with one attached hydrogen (secondary N) is 1. The van der Waals surface area contributed by atoms with Gasteiger partial charge in [-0.05, 0) is 34.9 Å². The molecule has 0 spiro atoms. The topological polar surface area (TPSA) is 43.0 Å². The molecule has 0 saturated carbocycles. The number of hydrogen-bond donors (Lipinski definition) is 1. The van der Waals surface area contributed by atoms with E-state index in [4.69, 9.17) is 14.2 Å². The van der Waals surface area contributed by atoms with Gasteiger partial charge in [-0.25, -0.2) is 0 Å². The standard InChI is InChI=1S/C27H29F3N2O3/c1-33-23-16-20(17-24(34-2)26(23)35-18-19-8-4-3-5-9-19)25(32-14-12-31-13-15-32)21-10-6-7-11-22(21)27(28,29)30/h3-11,16-17,25,31H,12-15,18H2,1-2H3. The van der Waals surface area contributed by atoms with Gasteiger partial charge in [0.1, 0.15) is 6.61 Å². The number of benzene rings is 3. The second-order valence-corrected chi connectivity index (χ2v) is 8.30. The molecule has 1 heterocycles. The van der Waals surface area contributed by atoms with E-state index >= 15 is 0 Å². The maximum absolute atomic E-state index is 14.0. The van der Waals surface area contributed by atoms with E-state index in [2.05, 4.69) is 10.2 Å². The maximum atomic E-state index is 14.0. The van der Waals surface area contributed by atoms with Crippen molar-refractivity contribution in [3.8, 4) is 17.2 Å². The second kappa shape index (κ2) is 11.0. The van der Waals surface area contributed by atoms with Crippen molar-refractivity contribution in [1.29, 1.82) is 0 Å². The SMILES string of the molecule is COc1cc(C(c2ccccc2C(F)(F)F)N2CCNCC2)cc(OC)c1OCc1ccccc1. The summed E-state index contributed by atoms with van der Waals surface area (Å²) >= 11 is 0. The number of ether oxygens (including phenoxy) is 3. The molecule has 0 radical (unpaired) electrons. The number of halogens is 3. The highest BCUT2D eigenvalue weighted by Crippen LogP contribution is 2.45. The Labute approximate surface area is 203 Å². The number of alkyl halides is 3. The number of rotatable bonds is 8. The normalized spacial score (nSPS) is 15.5.